The van der Waals surface area contributed by atoms with Crippen LogP contribution in [0.15, 0.2) is 60.7 Å². The third-order valence-electron chi connectivity index (χ3n) is 3.58. The second-order valence-corrected chi connectivity index (χ2v) is 5.56. The molecule has 0 aromatic heterocycles. The van der Waals surface area contributed by atoms with Crippen LogP contribution in [0.25, 0.3) is 6.08 Å². The maximum Gasteiger partial charge on any atom is 0.251 e. The summed E-state index contributed by atoms with van der Waals surface area (Å²) in [6.45, 7) is 1.53. The summed E-state index contributed by atoms with van der Waals surface area (Å²) in [6.07, 6.45) is 4.03. The summed E-state index contributed by atoms with van der Waals surface area (Å²) in [6, 6.07) is 16.8. The molecule has 2 aromatic carbocycles. The molecular formula is C20H23N3O2. The molecule has 0 fully saturated rings. The average Bonchev–Trinajstić information content (AvgIpc) is 2.66. The van der Waals surface area contributed by atoms with E-state index in [4.69, 9.17) is 5.73 Å². The maximum atomic E-state index is 11.9. The highest BCUT2D eigenvalue weighted by atomic mass is 16.2. The van der Waals surface area contributed by atoms with Gasteiger partial charge in [-0.05, 0) is 42.3 Å². The number of hydrogen-bond donors (Lipinski definition) is 3. The van der Waals surface area contributed by atoms with E-state index < -0.39 is 0 Å². The highest BCUT2D eigenvalue weighted by molar-refractivity contribution is 5.94. The molecule has 0 spiro atoms. The Balaban J connectivity index is 1.80. The van der Waals surface area contributed by atoms with Gasteiger partial charge in [-0.1, -0.05) is 42.5 Å². The van der Waals surface area contributed by atoms with Crippen molar-refractivity contribution >= 4 is 17.9 Å². The second-order valence-electron chi connectivity index (χ2n) is 5.56. The molecule has 5 heteroatoms. The molecule has 0 radical (unpaired) electrons. The maximum absolute atomic E-state index is 11.9. The van der Waals surface area contributed by atoms with Crippen molar-refractivity contribution in [2.24, 2.45) is 5.73 Å². The fourth-order valence-corrected chi connectivity index (χ4v) is 2.16. The summed E-state index contributed by atoms with van der Waals surface area (Å²) in [5.74, 6) is -0.276. The highest BCUT2D eigenvalue weighted by Crippen LogP contribution is 2.05. The average molecular weight is 337 g/mol. The Hall–Kier alpha value is -2.92. The van der Waals surface area contributed by atoms with Crippen molar-refractivity contribution in [2.45, 2.75) is 13.0 Å². The zero-order chi connectivity index (χ0) is 17.9. The number of nitrogens with two attached hydrogens (primary N) is 1. The van der Waals surface area contributed by atoms with E-state index in [1.807, 2.05) is 42.5 Å². The van der Waals surface area contributed by atoms with Crippen LogP contribution in [-0.4, -0.2) is 24.9 Å². The summed E-state index contributed by atoms with van der Waals surface area (Å²) >= 11 is 0. The van der Waals surface area contributed by atoms with Crippen LogP contribution in [0.2, 0.25) is 0 Å². The van der Waals surface area contributed by atoms with E-state index in [1.165, 1.54) is 6.08 Å². The van der Waals surface area contributed by atoms with Crippen molar-refractivity contribution in [3.05, 3.63) is 77.4 Å². The molecular weight excluding hydrogens is 314 g/mol. The van der Waals surface area contributed by atoms with Gasteiger partial charge in [0.05, 0.1) is 0 Å². The van der Waals surface area contributed by atoms with Crippen LogP contribution < -0.4 is 16.4 Å². The van der Waals surface area contributed by atoms with E-state index in [-0.39, 0.29) is 11.8 Å². The minimum Gasteiger partial charge on any atom is -0.352 e. The summed E-state index contributed by atoms with van der Waals surface area (Å²) in [4.78, 5) is 23.7. The summed E-state index contributed by atoms with van der Waals surface area (Å²) in [5, 5.41) is 5.62. The third-order valence-corrected chi connectivity index (χ3v) is 3.58. The topological polar surface area (TPSA) is 84.2 Å². The molecule has 0 atom stereocenters. The Morgan fingerprint density at radius 1 is 0.960 bits per heavy atom. The zero-order valence-electron chi connectivity index (χ0n) is 14.1. The molecule has 0 aliphatic rings. The summed E-state index contributed by atoms with van der Waals surface area (Å²) in [7, 11) is 0. The van der Waals surface area contributed by atoms with Gasteiger partial charge < -0.3 is 16.4 Å². The van der Waals surface area contributed by atoms with Crippen LogP contribution in [0, 0.1) is 0 Å². The van der Waals surface area contributed by atoms with E-state index in [1.54, 1.807) is 18.2 Å². The molecule has 0 saturated heterocycles. The molecule has 2 rings (SSSR count). The van der Waals surface area contributed by atoms with Crippen molar-refractivity contribution in [3.8, 4) is 0 Å². The number of benzene rings is 2. The number of hydrogen-bond acceptors (Lipinski definition) is 3. The molecule has 2 amide bonds. The molecule has 0 aliphatic heterocycles. The number of amides is 2. The first-order valence-electron chi connectivity index (χ1n) is 8.27. The van der Waals surface area contributed by atoms with Crippen LogP contribution in [-0.2, 0) is 11.3 Å². The fourth-order valence-electron chi connectivity index (χ4n) is 2.16. The molecule has 5 nitrogen and oxygen atoms in total. The number of rotatable bonds is 8. The number of carbonyl (C=O) groups is 2. The van der Waals surface area contributed by atoms with E-state index in [2.05, 4.69) is 10.6 Å². The van der Waals surface area contributed by atoms with Crippen molar-refractivity contribution in [1.82, 2.24) is 10.6 Å². The van der Waals surface area contributed by atoms with Gasteiger partial charge in [0, 0.05) is 24.7 Å². The lowest BCUT2D eigenvalue weighted by Crippen LogP contribution is -2.26. The second kappa shape index (κ2) is 10.1. The lowest BCUT2D eigenvalue weighted by molar-refractivity contribution is -0.116. The molecule has 0 unspecified atom stereocenters. The van der Waals surface area contributed by atoms with E-state index in [9.17, 15) is 9.59 Å². The van der Waals surface area contributed by atoms with Crippen molar-refractivity contribution in [1.29, 1.82) is 0 Å². The van der Waals surface area contributed by atoms with Crippen LogP contribution in [0.4, 0.5) is 0 Å². The number of nitrogens with one attached hydrogen (secondary N) is 2. The van der Waals surface area contributed by atoms with Gasteiger partial charge in [0.15, 0.2) is 0 Å². The molecule has 0 heterocycles. The van der Waals surface area contributed by atoms with Gasteiger partial charge >= 0.3 is 0 Å². The zero-order valence-corrected chi connectivity index (χ0v) is 14.1. The molecule has 0 bridgehead atoms. The lowest BCUT2D eigenvalue weighted by atomic mass is 10.1. The Morgan fingerprint density at radius 3 is 2.36 bits per heavy atom. The smallest absolute Gasteiger partial charge is 0.251 e. The third kappa shape index (κ3) is 6.61. The van der Waals surface area contributed by atoms with Crippen LogP contribution in [0.1, 0.15) is 27.9 Å². The van der Waals surface area contributed by atoms with Gasteiger partial charge in [0.25, 0.3) is 5.91 Å². The lowest BCUT2D eigenvalue weighted by Gasteiger charge is -2.06. The predicted molar refractivity (Wildman–Crippen MR) is 99.8 cm³/mol. The SMILES string of the molecule is NCCCNC(=O)c1ccc(CNC(=O)/C=C/c2ccccc2)cc1. The fraction of sp³-hybridized carbons (Fsp3) is 0.200. The minimum absolute atomic E-state index is 0.116. The first-order chi connectivity index (χ1) is 12.2. The predicted octanol–water partition coefficient (Wildman–Crippen LogP) is 2.09. The van der Waals surface area contributed by atoms with E-state index in [0.717, 1.165) is 17.5 Å². The normalized spacial score (nSPS) is 10.6. The summed E-state index contributed by atoms with van der Waals surface area (Å²) in [5.41, 5.74) is 7.89. The van der Waals surface area contributed by atoms with Crippen LogP contribution in [0.5, 0.6) is 0 Å². The monoisotopic (exact) mass is 337 g/mol. The first-order valence-corrected chi connectivity index (χ1v) is 8.27. The van der Waals surface area contributed by atoms with Gasteiger partial charge in [0.2, 0.25) is 5.91 Å². The van der Waals surface area contributed by atoms with Gasteiger partial charge in [-0.15, -0.1) is 0 Å². The van der Waals surface area contributed by atoms with Gasteiger partial charge in [-0.3, -0.25) is 9.59 Å². The van der Waals surface area contributed by atoms with Crippen LogP contribution >= 0.6 is 0 Å². The van der Waals surface area contributed by atoms with Gasteiger partial charge in [0.1, 0.15) is 0 Å². The first kappa shape index (κ1) is 18.4. The molecule has 130 valence electrons. The molecule has 2 aromatic rings. The van der Waals surface area contributed by atoms with Crippen molar-refractivity contribution in [3.63, 3.8) is 0 Å². The molecule has 0 aliphatic carbocycles. The standard InChI is InChI=1S/C20H23N3O2/c21-13-4-14-22-20(25)18-10-7-17(8-11-18)15-23-19(24)12-9-16-5-2-1-3-6-16/h1-3,5-12H,4,13-15,21H2,(H,22,25)(H,23,24)/b12-9+. The van der Waals surface area contributed by atoms with Crippen LogP contribution in [0.3, 0.4) is 0 Å². The van der Waals surface area contributed by atoms with Gasteiger partial charge in [-0.2, -0.15) is 0 Å². The molecule has 0 saturated carbocycles. The van der Waals surface area contributed by atoms with Crippen molar-refractivity contribution < 1.29 is 9.59 Å². The largest absolute Gasteiger partial charge is 0.352 e. The van der Waals surface area contributed by atoms with E-state index >= 15 is 0 Å². The molecule has 25 heavy (non-hydrogen) atoms. The number of carbonyl (C=O) groups excluding carboxylic acids is 2. The minimum atomic E-state index is -0.160. The Bertz CT molecular complexity index is 709. The highest BCUT2D eigenvalue weighted by Gasteiger charge is 2.04. The Morgan fingerprint density at radius 2 is 1.68 bits per heavy atom. The van der Waals surface area contributed by atoms with E-state index in [0.29, 0.717) is 25.2 Å². The Labute approximate surface area is 147 Å². The molecule has 4 N–H and O–H groups in total. The summed E-state index contributed by atoms with van der Waals surface area (Å²) < 4.78 is 0. The van der Waals surface area contributed by atoms with Gasteiger partial charge in [-0.25, -0.2) is 0 Å². The van der Waals surface area contributed by atoms with Crippen molar-refractivity contribution in [2.75, 3.05) is 13.1 Å². The Kier molecular flexibility index (Phi) is 7.41. The quantitative estimate of drug-likeness (QED) is 0.509.